The van der Waals surface area contributed by atoms with E-state index in [-0.39, 0.29) is 22.6 Å². The summed E-state index contributed by atoms with van der Waals surface area (Å²) in [5, 5.41) is 24.0. The highest BCUT2D eigenvalue weighted by Crippen LogP contribution is 2.34. The molecular weight excluding hydrogens is 304 g/mol. The summed E-state index contributed by atoms with van der Waals surface area (Å²) in [5.74, 6) is -1.36. The number of nitrogens with one attached hydrogen (secondary N) is 2. The van der Waals surface area contributed by atoms with Gasteiger partial charge in [0.1, 0.15) is 17.5 Å². The van der Waals surface area contributed by atoms with Crippen LogP contribution in [0.3, 0.4) is 0 Å². The fourth-order valence-electron chi connectivity index (χ4n) is 1.64. The second kappa shape index (κ2) is 5.80. The predicted molar refractivity (Wildman–Crippen MR) is 67.5 cm³/mol. The number of anilines is 1. The predicted octanol–water partition coefficient (Wildman–Crippen LogP) is 2.64. The number of alkyl halides is 3. The molecule has 0 radical (unpaired) electrons. The Morgan fingerprint density at radius 2 is 2.14 bits per heavy atom. The molecule has 22 heavy (non-hydrogen) atoms. The summed E-state index contributed by atoms with van der Waals surface area (Å²) < 4.78 is 51.7. The van der Waals surface area contributed by atoms with Crippen molar-refractivity contribution in [1.29, 1.82) is 5.26 Å². The summed E-state index contributed by atoms with van der Waals surface area (Å²) in [4.78, 5) is 0. The lowest BCUT2D eigenvalue weighted by Gasteiger charge is -2.12. The van der Waals surface area contributed by atoms with Crippen LogP contribution in [0.25, 0.3) is 5.57 Å². The zero-order valence-corrected chi connectivity index (χ0v) is 11.0. The second-order valence-electron chi connectivity index (χ2n) is 4.20. The minimum absolute atomic E-state index is 0.0233. The highest BCUT2D eigenvalue weighted by molar-refractivity contribution is 5.74. The van der Waals surface area contributed by atoms with Crippen LogP contribution < -0.4 is 5.32 Å². The molecule has 10 heteroatoms. The standard InChI is InChI=1S/C12H8F4N6/c1-6-2-8(3-9(10(6)13)12(14,15)16)18-5-7(4-17)11-19-21-22-20-11/h2-3,5,18H,1H3,(H,19,20,21,22). The maximum Gasteiger partial charge on any atom is 0.419 e. The number of aromatic nitrogens is 4. The Morgan fingerprint density at radius 1 is 1.41 bits per heavy atom. The third kappa shape index (κ3) is 3.20. The number of nitriles is 1. The van der Waals surface area contributed by atoms with Crippen molar-refractivity contribution in [3.63, 3.8) is 0 Å². The van der Waals surface area contributed by atoms with Crippen molar-refractivity contribution in [2.24, 2.45) is 0 Å². The van der Waals surface area contributed by atoms with E-state index in [9.17, 15) is 17.6 Å². The summed E-state index contributed by atoms with van der Waals surface area (Å²) in [7, 11) is 0. The highest BCUT2D eigenvalue weighted by atomic mass is 19.4. The summed E-state index contributed by atoms with van der Waals surface area (Å²) >= 11 is 0. The number of hydrogen-bond donors (Lipinski definition) is 2. The lowest BCUT2D eigenvalue weighted by Crippen LogP contribution is -2.10. The lowest BCUT2D eigenvalue weighted by atomic mass is 10.1. The van der Waals surface area contributed by atoms with Gasteiger partial charge in [-0.25, -0.2) is 4.39 Å². The Bertz CT molecular complexity index is 742. The SMILES string of the molecule is Cc1cc(NC=C(C#N)c2nn[nH]n2)cc(C(F)(F)F)c1F. The molecule has 0 aliphatic rings. The van der Waals surface area contributed by atoms with Gasteiger partial charge in [0, 0.05) is 11.9 Å². The first-order valence-corrected chi connectivity index (χ1v) is 5.81. The zero-order valence-electron chi connectivity index (χ0n) is 11.0. The molecule has 0 atom stereocenters. The second-order valence-corrected chi connectivity index (χ2v) is 4.20. The topological polar surface area (TPSA) is 90.3 Å². The average Bonchev–Trinajstić information content (AvgIpc) is 2.96. The molecule has 2 rings (SSSR count). The number of nitrogens with zero attached hydrogens (tertiary/aromatic N) is 4. The molecule has 0 aliphatic heterocycles. The fraction of sp³-hybridized carbons (Fsp3) is 0.167. The van der Waals surface area contributed by atoms with E-state index < -0.39 is 17.6 Å². The first-order valence-electron chi connectivity index (χ1n) is 5.81. The fourth-order valence-corrected chi connectivity index (χ4v) is 1.64. The van der Waals surface area contributed by atoms with Crippen LogP contribution in [0.5, 0.6) is 0 Å². The van der Waals surface area contributed by atoms with Gasteiger partial charge in [-0.1, -0.05) is 0 Å². The number of H-pyrrole nitrogens is 1. The summed E-state index contributed by atoms with van der Waals surface area (Å²) in [6.45, 7) is 1.21. The molecule has 0 fully saturated rings. The van der Waals surface area contributed by atoms with Gasteiger partial charge in [-0.3, -0.25) is 0 Å². The van der Waals surface area contributed by atoms with Crippen molar-refractivity contribution >= 4 is 11.3 Å². The molecule has 2 N–H and O–H groups in total. The molecule has 0 saturated carbocycles. The van der Waals surface area contributed by atoms with Gasteiger partial charge in [-0.2, -0.15) is 23.6 Å². The van der Waals surface area contributed by atoms with Crippen LogP contribution in [0, 0.1) is 24.1 Å². The molecule has 0 aliphatic carbocycles. The van der Waals surface area contributed by atoms with Gasteiger partial charge < -0.3 is 5.32 Å². The molecule has 0 saturated heterocycles. The van der Waals surface area contributed by atoms with Gasteiger partial charge in [0.05, 0.1) is 5.56 Å². The number of aromatic amines is 1. The van der Waals surface area contributed by atoms with Crippen molar-refractivity contribution in [2.75, 3.05) is 5.32 Å². The van der Waals surface area contributed by atoms with E-state index in [1.807, 2.05) is 0 Å². The number of halogens is 4. The molecule has 114 valence electrons. The highest BCUT2D eigenvalue weighted by Gasteiger charge is 2.35. The maximum atomic E-state index is 13.5. The lowest BCUT2D eigenvalue weighted by molar-refractivity contribution is -0.140. The van der Waals surface area contributed by atoms with Crippen LogP contribution in [0.4, 0.5) is 23.2 Å². The van der Waals surface area contributed by atoms with Crippen LogP contribution in [0.1, 0.15) is 17.0 Å². The Balaban J connectivity index is 2.35. The molecule has 0 unspecified atom stereocenters. The molecule has 0 spiro atoms. The van der Waals surface area contributed by atoms with Crippen molar-refractivity contribution in [3.8, 4) is 6.07 Å². The summed E-state index contributed by atoms with van der Waals surface area (Å²) in [6.07, 6.45) is -3.71. The van der Waals surface area contributed by atoms with E-state index in [4.69, 9.17) is 5.26 Å². The summed E-state index contributed by atoms with van der Waals surface area (Å²) in [5.41, 5.74) is -1.64. The Morgan fingerprint density at radius 3 is 2.68 bits per heavy atom. The van der Waals surface area contributed by atoms with Gasteiger partial charge in [-0.05, 0) is 29.8 Å². The van der Waals surface area contributed by atoms with Crippen LogP contribution >= 0.6 is 0 Å². The zero-order chi connectivity index (χ0) is 16.3. The number of benzene rings is 1. The molecule has 1 aromatic carbocycles. The van der Waals surface area contributed by atoms with Gasteiger partial charge in [0.15, 0.2) is 0 Å². The minimum Gasteiger partial charge on any atom is -0.360 e. The maximum absolute atomic E-state index is 13.5. The largest absolute Gasteiger partial charge is 0.419 e. The van der Waals surface area contributed by atoms with E-state index >= 15 is 0 Å². The number of aryl methyl sites for hydroxylation is 1. The van der Waals surface area contributed by atoms with Crippen LogP contribution in [0.2, 0.25) is 0 Å². The minimum atomic E-state index is -4.82. The van der Waals surface area contributed by atoms with Crippen LogP contribution in [-0.4, -0.2) is 20.6 Å². The Labute approximate surface area is 121 Å². The van der Waals surface area contributed by atoms with Crippen LogP contribution in [0.15, 0.2) is 18.3 Å². The molecule has 0 amide bonds. The average molecular weight is 312 g/mol. The quantitative estimate of drug-likeness (QED) is 0.671. The first-order chi connectivity index (χ1) is 10.3. The van der Waals surface area contributed by atoms with Crippen molar-refractivity contribution in [3.05, 3.63) is 41.1 Å². The van der Waals surface area contributed by atoms with Crippen molar-refractivity contribution in [1.82, 2.24) is 20.6 Å². The van der Waals surface area contributed by atoms with Gasteiger partial charge in [0.2, 0.25) is 5.82 Å². The third-order valence-corrected chi connectivity index (χ3v) is 2.65. The molecular formula is C12H8F4N6. The van der Waals surface area contributed by atoms with Crippen molar-refractivity contribution < 1.29 is 17.6 Å². The third-order valence-electron chi connectivity index (χ3n) is 2.65. The molecule has 0 bridgehead atoms. The van der Waals surface area contributed by atoms with Gasteiger partial charge >= 0.3 is 6.18 Å². The Kier molecular flexibility index (Phi) is 4.07. The molecule has 6 nitrogen and oxygen atoms in total. The van der Waals surface area contributed by atoms with Gasteiger partial charge in [-0.15, -0.1) is 10.2 Å². The number of tetrazole rings is 1. The van der Waals surface area contributed by atoms with E-state index in [0.717, 1.165) is 6.20 Å². The smallest absolute Gasteiger partial charge is 0.360 e. The van der Waals surface area contributed by atoms with E-state index in [2.05, 4.69) is 25.9 Å². The monoisotopic (exact) mass is 312 g/mol. The van der Waals surface area contributed by atoms with Gasteiger partial charge in [0.25, 0.3) is 0 Å². The number of allylic oxidation sites excluding steroid dienone is 1. The van der Waals surface area contributed by atoms with E-state index in [1.54, 1.807) is 6.07 Å². The van der Waals surface area contributed by atoms with Crippen molar-refractivity contribution in [2.45, 2.75) is 13.1 Å². The molecule has 1 heterocycles. The Hall–Kier alpha value is -2.96. The van der Waals surface area contributed by atoms with Crippen LogP contribution in [-0.2, 0) is 6.18 Å². The first kappa shape index (κ1) is 15.4. The molecule has 2 aromatic rings. The van der Waals surface area contributed by atoms with E-state index in [0.29, 0.717) is 6.07 Å². The van der Waals surface area contributed by atoms with E-state index in [1.165, 1.54) is 13.0 Å². The number of rotatable bonds is 3. The normalized spacial score (nSPS) is 12.1. The number of hydrogen-bond acceptors (Lipinski definition) is 5. The molecule has 1 aromatic heterocycles. The summed E-state index contributed by atoms with van der Waals surface area (Å²) in [6, 6.07) is 3.56.